The van der Waals surface area contributed by atoms with Gasteiger partial charge in [0.15, 0.2) is 0 Å². The van der Waals surface area contributed by atoms with Crippen LogP contribution in [0.15, 0.2) is 10.7 Å². The summed E-state index contributed by atoms with van der Waals surface area (Å²) in [5.41, 5.74) is 0. The van der Waals surface area contributed by atoms with E-state index in [0.717, 1.165) is 37.1 Å². The lowest BCUT2D eigenvalue weighted by atomic mass is 10.0. The SMILES string of the molecule is COc1nc(N(C)CC2CCOCC2)ncc1Br. The summed E-state index contributed by atoms with van der Waals surface area (Å²) in [7, 11) is 3.62. The smallest absolute Gasteiger partial charge is 0.232 e. The van der Waals surface area contributed by atoms with Crippen molar-refractivity contribution in [2.45, 2.75) is 12.8 Å². The number of rotatable bonds is 4. The molecule has 0 bridgehead atoms. The Morgan fingerprint density at radius 3 is 2.89 bits per heavy atom. The molecule has 0 aromatic carbocycles. The van der Waals surface area contributed by atoms with Crippen molar-refractivity contribution >= 4 is 21.9 Å². The average molecular weight is 316 g/mol. The van der Waals surface area contributed by atoms with Crippen molar-refractivity contribution in [2.75, 3.05) is 38.8 Å². The van der Waals surface area contributed by atoms with Gasteiger partial charge in [-0.15, -0.1) is 0 Å². The van der Waals surface area contributed by atoms with Crippen molar-refractivity contribution in [3.8, 4) is 5.88 Å². The third-order valence-electron chi connectivity index (χ3n) is 3.11. The fourth-order valence-electron chi connectivity index (χ4n) is 2.07. The topological polar surface area (TPSA) is 47.5 Å². The van der Waals surface area contributed by atoms with Crippen LogP contribution in [-0.2, 0) is 4.74 Å². The van der Waals surface area contributed by atoms with Crippen LogP contribution < -0.4 is 9.64 Å². The van der Waals surface area contributed by atoms with Crippen molar-refractivity contribution < 1.29 is 9.47 Å². The Hall–Kier alpha value is -0.880. The van der Waals surface area contributed by atoms with Crippen molar-refractivity contribution in [1.82, 2.24) is 9.97 Å². The minimum Gasteiger partial charge on any atom is -0.480 e. The first-order valence-electron chi connectivity index (χ1n) is 6.06. The molecule has 0 amide bonds. The highest BCUT2D eigenvalue weighted by atomic mass is 79.9. The Morgan fingerprint density at radius 2 is 2.22 bits per heavy atom. The number of hydrogen-bond acceptors (Lipinski definition) is 5. The maximum absolute atomic E-state index is 5.36. The highest BCUT2D eigenvalue weighted by Gasteiger charge is 2.17. The van der Waals surface area contributed by atoms with Crippen molar-refractivity contribution in [1.29, 1.82) is 0 Å². The largest absolute Gasteiger partial charge is 0.480 e. The van der Waals surface area contributed by atoms with Crippen LogP contribution in [0.5, 0.6) is 5.88 Å². The minimum atomic E-state index is 0.568. The maximum Gasteiger partial charge on any atom is 0.232 e. The van der Waals surface area contributed by atoms with Gasteiger partial charge in [-0.1, -0.05) is 0 Å². The number of ether oxygens (including phenoxy) is 2. The maximum atomic E-state index is 5.36. The molecule has 5 nitrogen and oxygen atoms in total. The molecule has 1 fully saturated rings. The number of aromatic nitrogens is 2. The van der Waals surface area contributed by atoms with E-state index in [4.69, 9.17) is 9.47 Å². The predicted molar refractivity (Wildman–Crippen MR) is 73.1 cm³/mol. The van der Waals surface area contributed by atoms with Crippen LogP contribution in [0.2, 0.25) is 0 Å². The molecule has 6 heteroatoms. The summed E-state index contributed by atoms with van der Waals surface area (Å²) < 4.78 is 11.3. The van der Waals surface area contributed by atoms with Gasteiger partial charge in [-0.05, 0) is 34.7 Å². The molecule has 2 rings (SSSR count). The van der Waals surface area contributed by atoms with Gasteiger partial charge >= 0.3 is 0 Å². The quantitative estimate of drug-likeness (QED) is 0.851. The second kappa shape index (κ2) is 6.33. The van der Waals surface area contributed by atoms with E-state index < -0.39 is 0 Å². The first-order chi connectivity index (χ1) is 8.70. The highest BCUT2D eigenvalue weighted by molar-refractivity contribution is 9.10. The van der Waals surface area contributed by atoms with E-state index in [-0.39, 0.29) is 0 Å². The van der Waals surface area contributed by atoms with Crippen LogP contribution >= 0.6 is 15.9 Å². The minimum absolute atomic E-state index is 0.568. The molecule has 1 saturated heterocycles. The average Bonchev–Trinajstić information content (AvgIpc) is 2.40. The molecule has 0 spiro atoms. The van der Waals surface area contributed by atoms with Gasteiger partial charge in [-0.3, -0.25) is 0 Å². The van der Waals surface area contributed by atoms with E-state index in [9.17, 15) is 0 Å². The Labute approximate surface area is 116 Å². The normalized spacial score (nSPS) is 16.6. The Morgan fingerprint density at radius 1 is 1.50 bits per heavy atom. The van der Waals surface area contributed by atoms with E-state index in [1.54, 1.807) is 13.3 Å². The molecule has 1 aliphatic rings. The molecule has 2 heterocycles. The van der Waals surface area contributed by atoms with E-state index >= 15 is 0 Å². The van der Waals surface area contributed by atoms with Crippen molar-refractivity contribution in [3.05, 3.63) is 10.7 Å². The van der Waals surface area contributed by atoms with Gasteiger partial charge in [0, 0.05) is 26.8 Å². The number of hydrogen-bond donors (Lipinski definition) is 0. The molecule has 100 valence electrons. The van der Waals surface area contributed by atoms with E-state index in [1.807, 2.05) is 7.05 Å². The molecule has 0 saturated carbocycles. The van der Waals surface area contributed by atoms with Gasteiger partial charge in [0.1, 0.15) is 0 Å². The summed E-state index contributed by atoms with van der Waals surface area (Å²) >= 11 is 3.35. The Kier molecular flexibility index (Phi) is 4.77. The molecule has 0 aliphatic carbocycles. The highest BCUT2D eigenvalue weighted by Crippen LogP contribution is 2.24. The zero-order valence-electron chi connectivity index (χ0n) is 10.7. The molecule has 1 aromatic heterocycles. The second-order valence-electron chi connectivity index (χ2n) is 4.46. The molecule has 1 aliphatic heterocycles. The van der Waals surface area contributed by atoms with Gasteiger partial charge in [0.25, 0.3) is 0 Å². The van der Waals surface area contributed by atoms with Crippen LogP contribution in [0.3, 0.4) is 0 Å². The molecule has 1 aromatic rings. The van der Waals surface area contributed by atoms with Crippen LogP contribution in [0, 0.1) is 5.92 Å². The van der Waals surface area contributed by atoms with Gasteiger partial charge in [0.05, 0.1) is 17.8 Å². The standard InChI is InChI=1S/C12H18BrN3O2/c1-16(8-9-3-5-18-6-4-9)12-14-7-10(13)11(15-12)17-2/h7,9H,3-6,8H2,1-2H3. The summed E-state index contributed by atoms with van der Waals surface area (Å²) in [6.07, 6.45) is 3.94. The van der Waals surface area contributed by atoms with Gasteiger partial charge in [-0.2, -0.15) is 4.98 Å². The summed E-state index contributed by atoms with van der Waals surface area (Å²) in [6, 6.07) is 0. The summed E-state index contributed by atoms with van der Waals surface area (Å²) in [5.74, 6) is 1.92. The molecule has 0 unspecified atom stereocenters. The van der Waals surface area contributed by atoms with Gasteiger partial charge < -0.3 is 14.4 Å². The predicted octanol–water partition coefficient (Wildman–Crippen LogP) is 2.11. The first-order valence-corrected chi connectivity index (χ1v) is 6.85. The molecular weight excluding hydrogens is 298 g/mol. The number of halogens is 1. The number of nitrogens with zero attached hydrogens (tertiary/aromatic N) is 3. The summed E-state index contributed by atoms with van der Waals surface area (Å²) in [4.78, 5) is 10.8. The lowest BCUT2D eigenvalue weighted by Gasteiger charge is -2.27. The molecule has 0 atom stereocenters. The summed E-state index contributed by atoms with van der Waals surface area (Å²) in [5, 5.41) is 0. The number of methoxy groups -OCH3 is 1. The van der Waals surface area contributed by atoms with E-state index in [1.165, 1.54) is 0 Å². The molecular formula is C12H18BrN3O2. The fourth-order valence-corrected chi connectivity index (χ4v) is 2.42. The van der Waals surface area contributed by atoms with Crippen LogP contribution in [0.4, 0.5) is 5.95 Å². The zero-order chi connectivity index (χ0) is 13.0. The Bertz CT molecular complexity index is 397. The second-order valence-corrected chi connectivity index (χ2v) is 5.32. The fraction of sp³-hybridized carbons (Fsp3) is 0.667. The van der Waals surface area contributed by atoms with Crippen LogP contribution in [-0.4, -0.2) is 43.9 Å². The van der Waals surface area contributed by atoms with Gasteiger partial charge in [-0.25, -0.2) is 4.98 Å². The third-order valence-corrected chi connectivity index (χ3v) is 3.65. The van der Waals surface area contributed by atoms with E-state index in [0.29, 0.717) is 17.7 Å². The molecule has 18 heavy (non-hydrogen) atoms. The van der Waals surface area contributed by atoms with E-state index in [2.05, 4.69) is 30.8 Å². The monoisotopic (exact) mass is 315 g/mol. The first kappa shape index (κ1) is 13.5. The van der Waals surface area contributed by atoms with Crippen LogP contribution in [0.1, 0.15) is 12.8 Å². The lowest BCUT2D eigenvalue weighted by molar-refractivity contribution is 0.0684. The third kappa shape index (κ3) is 3.32. The molecule has 0 radical (unpaired) electrons. The van der Waals surface area contributed by atoms with Gasteiger partial charge in [0.2, 0.25) is 11.8 Å². The lowest BCUT2D eigenvalue weighted by Crippen LogP contribution is -2.30. The molecule has 0 N–H and O–H groups in total. The van der Waals surface area contributed by atoms with Crippen LogP contribution in [0.25, 0.3) is 0 Å². The Balaban J connectivity index is 2.01. The van der Waals surface area contributed by atoms with Crippen molar-refractivity contribution in [2.24, 2.45) is 5.92 Å². The van der Waals surface area contributed by atoms with Crippen molar-refractivity contribution in [3.63, 3.8) is 0 Å². The summed E-state index contributed by atoms with van der Waals surface area (Å²) in [6.45, 7) is 2.68. The number of anilines is 1. The zero-order valence-corrected chi connectivity index (χ0v) is 12.3.